The Labute approximate surface area is 112 Å². The number of nitrogens with zero attached hydrogens (tertiary/aromatic N) is 1. The van der Waals surface area contributed by atoms with Crippen LogP contribution < -0.4 is 0 Å². The zero-order valence-electron chi connectivity index (χ0n) is 10.6. The molecule has 1 saturated heterocycles. The van der Waals surface area contributed by atoms with Crippen LogP contribution in [0.4, 0.5) is 0 Å². The van der Waals surface area contributed by atoms with Gasteiger partial charge in [-0.1, -0.05) is 18.9 Å². The number of ether oxygens (including phenoxy) is 1. The van der Waals surface area contributed by atoms with Crippen LogP contribution in [0.5, 0.6) is 0 Å². The molecule has 0 spiro atoms. The fourth-order valence-electron chi connectivity index (χ4n) is 1.67. The van der Waals surface area contributed by atoms with E-state index in [1.165, 1.54) is 0 Å². The van der Waals surface area contributed by atoms with Crippen molar-refractivity contribution in [3.63, 3.8) is 0 Å². The molecule has 0 radical (unpaired) electrons. The number of rotatable bonds is 4. The molecule has 18 heavy (non-hydrogen) atoms. The Morgan fingerprint density at radius 1 is 1.61 bits per heavy atom. The number of terminal acetylenes is 1. The summed E-state index contributed by atoms with van der Waals surface area (Å²) in [5.41, 5.74) is 0.662. The van der Waals surface area contributed by atoms with Gasteiger partial charge in [-0.25, -0.2) is 4.79 Å². The first-order valence-electron chi connectivity index (χ1n) is 5.77. The Balaban J connectivity index is 2.70. The molecule has 0 aromatic carbocycles. The van der Waals surface area contributed by atoms with Crippen LogP contribution in [0.2, 0.25) is 0 Å². The molecule has 1 fully saturated rings. The molecule has 4 nitrogen and oxygen atoms in total. The van der Waals surface area contributed by atoms with Gasteiger partial charge in [0.05, 0.1) is 5.88 Å². The van der Waals surface area contributed by atoms with Crippen LogP contribution in [-0.4, -0.2) is 41.1 Å². The van der Waals surface area contributed by atoms with Crippen LogP contribution in [0.15, 0.2) is 11.6 Å². The molecule has 0 N–H and O–H groups in total. The van der Waals surface area contributed by atoms with Gasteiger partial charge >= 0.3 is 5.97 Å². The lowest BCUT2D eigenvalue weighted by Gasteiger charge is -2.22. The number of amides is 1. The summed E-state index contributed by atoms with van der Waals surface area (Å²) in [4.78, 5) is 25.4. The summed E-state index contributed by atoms with van der Waals surface area (Å²) < 4.78 is 4.89. The molecule has 0 unspecified atom stereocenters. The molecular formula is C13H17NO3S. The number of esters is 1. The zero-order chi connectivity index (χ0) is 13.5. The van der Waals surface area contributed by atoms with Crippen LogP contribution in [-0.2, 0) is 14.3 Å². The number of hydrogen-bond donors (Lipinski definition) is 0. The van der Waals surface area contributed by atoms with E-state index in [2.05, 4.69) is 5.92 Å². The highest BCUT2D eigenvalue weighted by molar-refractivity contribution is 7.99. The van der Waals surface area contributed by atoms with E-state index < -0.39 is 12.0 Å². The van der Waals surface area contributed by atoms with E-state index in [4.69, 9.17) is 11.2 Å². The summed E-state index contributed by atoms with van der Waals surface area (Å²) in [5.74, 6) is 2.80. The number of carbonyl (C=O) groups excluding carboxylic acids is 2. The van der Waals surface area contributed by atoms with Crippen molar-refractivity contribution in [2.45, 2.75) is 26.3 Å². The Hall–Kier alpha value is -1.41. The normalized spacial score (nSPS) is 19.5. The molecule has 1 aliphatic rings. The van der Waals surface area contributed by atoms with Crippen molar-refractivity contribution in [2.24, 2.45) is 0 Å². The first-order chi connectivity index (χ1) is 8.61. The molecule has 0 aromatic rings. The zero-order valence-corrected chi connectivity index (χ0v) is 11.5. The first kappa shape index (κ1) is 14.7. The average molecular weight is 267 g/mol. The van der Waals surface area contributed by atoms with Gasteiger partial charge in [-0.2, -0.15) is 0 Å². The Bertz CT molecular complexity index is 398. The fraction of sp³-hybridized carbons (Fsp3) is 0.538. The smallest absolute Gasteiger partial charge is 0.330 e. The Morgan fingerprint density at radius 2 is 2.33 bits per heavy atom. The molecule has 1 heterocycles. The highest BCUT2D eigenvalue weighted by atomic mass is 32.2. The van der Waals surface area contributed by atoms with E-state index in [0.29, 0.717) is 17.2 Å². The van der Waals surface area contributed by atoms with E-state index in [1.807, 2.05) is 13.0 Å². The minimum atomic E-state index is -0.518. The largest absolute Gasteiger partial charge is 0.451 e. The predicted octanol–water partition coefficient (Wildman–Crippen LogP) is 1.42. The van der Waals surface area contributed by atoms with Crippen LogP contribution >= 0.6 is 11.8 Å². The van der Waals surface area contributed by atoms with Crippen molar-refractivity contribution < 1.29 is 14.3 Å². The highest BCUT2D eigenvalue weighted by Crippen LogP contribution is 2.23. The van der Waals surface area contributed by atoms with Crippen molar-refractivity contribution in [3.05, 3.63) is 11.6 Å². The summed E-state index contributed by atoms with van der Waals surface area (Å²) in [6, 6.07) is -0.518. The third kappa shape index (κ3) is 3.54. The third-order valence-electron chi connectivity index (χ3n) is 2.56. The molecule has 1 atom stereocenters. The van der Waals surface area contributed by atoms with E-state index in [-0.39, 0.29) is 12.5 Å². The van der Waals surface area contributed by atoms with Crippen LogP contribution in [0, 0.1) is 12.3 Å². The number of thioether (sulfide) groups is 1. The predicted molar refractivity (Wildman–Crippen MR) is 71.8 cm³/mol. The molecule has 1 amide bonds. The van der Waals surface area contributed by atoms with Crippen LogP contribution in [0.3, 0.4) is 0 Å². The molecule has 0 saturated carbocycles. The molecule has 98 valence electrons. The lowest BCUT2D eigenvalue weighted by Crippen LogP contribution is -2.43. The van der Waals surface area contributed by atoms with Crippen molar-refractivity contribution in [1.29, 1.82) is 0 Å². The lowest BCUT2D eigenvalue weighted by atomic mass is 10.2. The molecule has 0 aromatic heterocycles. The molecule has 1 rings (SSSR count). The minimum absolute atomic E-state index is 0.0498. The van der Waals surface area contributed by atoms with E-state index >= 15 is 0 Å². The van der Waals surface area contributed by atoms with Gasteiger partial charge in [0, 0.05) is 11.3 Å². The SMILES string of the molecule is C#CCOC(=O)[C@@H]1CSCN1C(=O)/C(C)=C\CC. The van der Waals surface area contributed by atoms with Gasteiger partial charge in [-0.3, -0.25) is 4.79 Å². The van der Waals surface area contributed by atoms with Gasteiger partial charge in [0.15, 0.2) is 6.61 Å². The maximum atomic E-state index is 12.1. The molecule has 0 bridgehead atoms. The summed E-state index contributed by atoms with van der Waals surface area (Å²) in [5, 5.41) is 0. The summed E-state index contributed by atoms with van der Waals surface area (Å²) in [6.07, 6.45) is 7.69. The van der Waals surface area contributed by atoms with Gasteiger partial charge in [-0.05, 0) is 13.3 Å². The van der Waals surface area contributed by atoms with Gasteiger partial charge in [0.2, 0.25) is 0 Å². The standard InChI is InChI=1S/C13H17NO3S/c1-4-6-10(3)12(15)14-9-18-8-11(14)13(16)17-7-5-2/h2,6,11H,4,7-9H2,1,3H3/b10-6-/t11-/m0/s1. The quantitative estimate of drug-likeness (QED) is 0.439. The minimum Gasteiger partial charge on any atom is -0.451 e. The molecule has 1 aliphatic heterocycles. The maximum Gasteiger partial charge on any atom is 0.330 e. The summed E-state index contributed by atoms with van der Waals surface area (Å²) >= 11 is 1.54. The second kappa shape index (κ2) is 7.12. The van der Waals surface area contributed by atoms with Crippen molar-refractivity contribution in [3.8, 4) is 12.3 Å². The van der Waals surface area contributed by atoms with Gasteiger partial charge in [0.1, 0.15) is 6.04 Å². The monoisotopic (exact) mass is 267 g/mol. The maximum absolute atomic E-state index is 12.1. The van der Waals surface area contributed by atoms with Crippen molar-refractivity contribution in [2.75, 3.05) is 18.2 Å². The van der Waals surface area contributed by atoms with E-state index in [0.717, 1.165) is 6.42 Å². The average Bonchev–Trinajstić information content (AvgIpc) is 2.84. The molecular weight excluding hydrogens is 250 g/mol. The number of hydrogen-bond acceptors (Lipinski definition) is 4. The van der Waals surface area contributed by atoms with E-state index in [1.54, 1.807) is 23.6 Å². The number of allylic oxidation sites excluding steroid dienone is 1. The lowest BCUT2D eigenvalue weighted by molar-refractivity contribution is -0.150. The van der Waals surface area contributed by atoms with Crippen molar-refractivity contribution in [1.82, 2.24) is 4.90 Å². The highest BCUT2D eigenvalue weighted by Gasteiger charge is 2.35. The topological polar surface area (TPSA) is 46.6 Å². The van der Waals surface area contributed by atoms with E-state index in [9.17, 15) is 9.59 Å². The first-order valence-corrected chi connectivity index (χ1v) is 6.92. The van der Waals surface area contributed by atoms with Crippen LogP contribution in [0.25, 0.3) is 0 Å². The van der Waals surface area contributed by atoms with Crippen molar-refractivity contribution >= 4 is 23.6 Å². The molecule has 0 aliphatic carbocycles. The summed E-state index contributed by atoms with van der Waals surface area (Å²) in [6.45, 7) is 3.68. The molecule has 5 heteroatoms. The second-order valence-corrected chi connectivity index (χ2v) is 4.90. The number of carbonyl (C=O) groups is 2. The Morgan fingerprint density at radius 3 is 2.94 bits per heavy atom. The fourth-order valence-corrected chi connectivity index (χ4v) is 2.81. The second-order valence-electron chi connectivity index (χ2n) is 3.90. The van der Waals surface area contributed by atoms with Gasteiger partial charge < -0.3 is 9.64 Å². The Kier molecular flexibility index (Phi) is 5.79. The van der Waals surface area contributed by atoms with Crippen LogP contribution in [0.1, 0.15) is 20.3 Å². The summed E-state index contributed by atoms with van der Waals surface area (Å²) in [7, 11) is 0. The van der Waals surface area contributed by atoms with Gasteiger partial charge in [0.25, 0.3) is 5.91 Å². The third-order valence-corrected chi connectivity index (χ3v) is 3.57. The van der Waals surface area contributed by atoms with Gasteiger partial charge in [-0.15, -0.1) is 18.2 Å².